The molecule has 1 fully saturated rings. The Morgan fingerprint density at radius 2 is 2.32 bits per heavy atom. The van der Waals surface area contributed by atoms with Crippen molar-refractivity contribution in [3.05, 3.63) is 38.7 Å². The maximum absolute atomic E-state index is 11.9. The molecule has 2 heterocycles. The van der Waals surface area contributed by atoms with Crippen molar-refractivity contribution in [2.75, 3.05) is 13.7 Å². The van der Waals surface area contributed by atoms with Crippen LogP contribution in [-0.4, -0.2) is 51.7 Å². The van der Waals surface area contributed by atoms with Gasteiger partial charge in [0, 0.05) is 25.8 Å². The maximum atomic E-state index is 11.9. The largest absolute Gasteiger partial charge is 0.478 e. The minimum Gasteiger partial charge on any atom is -0.478 e. The van der Waals surface area contributed by atoms with Gasteiger partial charge in [0.25, 0.3) is 5.56 Å². The fraction of sp³-hybridized carbons (Fsp3) is 0.462. The molecule has 3 atom stereocenters. The van der Waals surface area contributed by atoms with Crippen LogP contribution in [0.2, 0.25) is 0 Å². The van der Waals surface area contributed by atoms with Crippen molar-refractivity contribution in [2.45, 2.75) is 24.9 Å². The highest BCUT2D eigenvalue weighted by atomic mass is 16.6. The van der Waals surface area contributed by atoms with Crippen molar-refractivity contribution in [2.24, 2.45) is 0 Å². The number of rotatable bonds is 5. The average Bonchev–Trinajstić information content (AvgIpc) is 2.79. The topological polar surface area (TPSA) is 131 Å². The highest BCUT2D eigenvalue weighted by molar-refractivity contribution is 5.85. The standard InChI is InChI=1S/C13H16N2O7/c1-21-6-9-8(16)4-10(22-9)15-5-7(2-3-11(17)18)12(19)14-13(15)20/h2-3,5,8-10,16H,4,6H2,1H3,(H,17,18)(H,14,19,20)/b3-2+/t8-,9-,10-/m1/s1. The number of ether oxygens (including phenoxy) is 2. The van der Waals surface area contributed by atoms with Crippen molar-refractivity contribution in [3.8, 4) is 0 Å². The van der Waals surface area contributed by atoms with E-state index in [-0.39, 0.29) is 18.6 Å². The summed E-state index contributed by atoms with van der Waals surface area (Å²) in [6.45, 7) is 0.168. The van der Waals surface area contributed by atoms with Crippen molar-refractivity contribution >= 4 is 12.0 Å². The number of aliphatic carboxylic acids is 1. The summed E-state index contributed by atoms with van der Waals surface area (Å²) in [5.41, 5.74) is -1.41. The molecule has 2 rings (SSSR count). The van der Waals surface area contributed by atoms with Crippen molar-refractivity contribution in [3.63, 3.8) is 0 Å². The molecular formula is C13H16N2O7. The van der Waals surface area contributed by atoms with E-state index < -0.39 is 35.7 Å². The Hall–Kier alpha value is -2.23. The van der Waals surface area contributed by atoms with E-state index >= 15 is 0 Å². The van der Waals surface area contributed by atoms with Gasteiger partial charge in [-0.3, -0.25) is 14.3 Å². The highest BCUT2D eigenvalue weighted by Crippen LogP contribution is 2.27. The lowest BCUT2D eigenvalue weighted by Gasteiger charge is -2.15. The Balaban J connectivity index is 2.32. The van der Waals surface area contributed by atoms with Crippen molar-refractivity contribution < 1.29 is 24.5 Å². The molecule has 22 heavy (non-hydrogen) atoms. The maximum Gasteiger partial charge on any atom is 0.330 e. The molecule has 9 heteroatoms. The molecule has 0 spiro atoms. The van der Waals surface area contributed by atoms with Gasteiger partial charge in [-0.05, 0) is 6.08 Å². The average molecular weight is 312 g/mol. The summed E-state index contributed by atoms with van der Waals surface area (Å²) in [7, 11) is 1.46. The molecule has 1 aromatic heterocycles. The number of aromatic amines is 1. The SMILES string of the molecule is COC[C@H]1O[C@@H](n2cc(/C=C/C(=O)O)c(=O)[nH]c2=O)C[C@H]1O. The summed E-state index contributed by atoms with van der Waals surface area (Å²) in [6, 6.07) is 0. The first-order valence-corrected chi connectivity index (χ1v) is 6.51. The van der Waals surface area contributed by atoms with Gasteiger partial charge in [0.05, 0.1) is 18.3 Å². The van der Waals surface area contributed by atoms with E-state index in [1.165, 1.54) is 13.3 Å². The number of carbonyl (C=O) groups is 1. The minimum atomic E-state index is -1.22. The summed E-state index contributed by atoms with van der Waals surface area (Å²) in [5.74, 6) is -1.22. The van der Waals surface area contributed by atoms with Gasteiger partial charge in [-0.25, -0.2) is 9.59 Å². The molecule has 0 saturated carbocycles. The Labute approximate surface area is 124 Å². The lowest BCUT2D eigenvalue weighted by molar-refractivity contribution is -0.131. The molecule has 0 unspecified atom stereocenters. The van der Waals surface area contributed by atoms with Crippen molar-refractivity contribution in [1.29, 1.82) is 0 Å². The number of nitrogens with one attached hydrogen (secondary N) is 1. The fourth-order valence-electron chi connectivity index (χ4n) is 2.19. The number of carboxylic acids is 1. The number of hydrogen-bond acceptors (Lipinski definition) is 6. The molecule has 120 valence electrons. The van der Waals surface area contributed by atoms with Crippen LogP contribution < -0.4 is 11.2 Å². The first-order chi connectivity index (χ1) is 10.4. The second-order valence-electron chi connectivity index (χ2n) is 4.81. The van der Waals surface area contributed by atoms with E-state index in [0.29, 0.717) is 0 Å². The summed E-state index contributed by atoms with van der Waals surface area (Å²) in [4.78, 5) is 36.1. The van der Waals surface area contributed by atoms with E-state index in [1.54, 1.807) is 0 Å². The van der Waals surface area contributed by atoms with E-state index in [9.17, 15) is 19.5 Å². The first-order valence-electron chi connectivity index (χ1n) is 6.51. The predicted molar refractivity (Wildman–Crippen MR) is 74.4 cm³/mol. The number of nitrogens with zero attached hydrogens (tertiary/aromatic N) is 1. The third kappa shape index (κ3) is 3.50. The zero-order valence-electron chi connectivity index (χ0n) is 11.8. The number of methoxy groups -OCH3 is 1. The van der Waals surface area contributed by atoms with Gasteiger partial charge in [-0.2, -0.15) is 0 Å². The molecule has 0 amide bonds. The van der Waals surface area contributed by atoms with Gasteiger partial charge in [0.15, 0.2) is 0 Å². The smallest absolute Gasteiger partial charge is 0.330 e. The molecule has 0 aromatic carbocycles. The molecule has 1 saturated heterocycles. The van der Waals surface area contributed by atoms with Crippen LogP contribution in [0.25, 0.3) is 6.08 Å². The molecule has 0 aliphatic carbocycles. The monoisotopic (exact) mass is 312 g/mol. The lowest BCUT2D eigenvalue weighted by atomic mass is 10.2. The van der Waals surface area contributed by atoms with Crippen LogP contribution in [0.15, 0.2) is 21.9 Å². The van der Waals surface area contributed by atoms with Crippen LogP contribution in [0.1, 0.15) is 18.2 Å². The molecule has 1 aliphatic rings. The van der Waals surface area contributed by atoms with Crippen LogP contribution in [0.5, 0.6) is 0 Å². The molecular weight excluding hydrogens is 296 g/mol. The van der Waals surface area contributed by atoms with Crippen LogP contribution in [0.3, 0.4) is 0 Å². The van der Waals surface area contributed by atoms with Gasteiger partial charge in [0.1, 0.15) is 12.3 Å². The summed E-state index contributed by atoms with van der Waals surface area (Å²) in [5, 5.41) is 18.4. The molecule has 3 N–H and O–H groups in total. The van der Waals surface area contributed by atoms with Crippen LogP contribution >= 0.6 is 0 Å². The predicted octanol–water partition coefficient (Wildman–Crippen LogP) is -1.07. The third-order valence-corrected chi connectivity index (χ3v) is 3.25. The second kappa shape index (κ2) is 6.69. The highest BCUT2D eigenvalue weighted by Gasteiger charge is 2.35. The van der Waals surface area contributed by atoms with E-state index in [1.807, 2.05) is 0 Å². The Morgan fingerprint density at radius 1 is 1.59 bits per heavy atom. The number of aliphatic hydroxyl groups excluding tert-OH is 1. The molecule has 0 radical (unpaired) electrons. The van der Waals surface area contributed by atoms with Crippen LogP contribution in [0, 0.1) is 0 Å². The van der Waals surface area contributed by atoms with E-state index in [0.717, 1.165) is 16.7 Å². The van der Waals surface area contributed by atoms with E-state index in [4.69, 9.17) is 14.6 Å². The van der Waals surface area contributed by atoms with Crippen LogP contribution in [0.4, 0.5) is 0 Å². The van der Waals surface area contributed by atoms with Gasteiger partial charge < -0.3 is 19.7 Å². The number of carboxylic acid groups (broad SMARTS) is 1. The third-order valence-electron chi connectivity index (χ3n) is 3.25. The van der Waals surface area contributed by atoms with Gasteiger partial charge in [-0.1, -0.05) is 0 Å². The summed E-state index contributed by atoms with van der Waals surface area (Å²) < 4.78 is 11.6. The Bertz CT molecular complexity index is 690. The Morgan fingerprint density at radius 3 is 2.95 bits per heavy atom. The zero-order chi connectivity index (χ0) is 16.3. The lowest BCUT2D eigenvalue weighted by Crippen LogP contribution is -2.33. The number of H-pyrrole nitrogens is 1. The molecule has 0 bridgehead atoms. The molecule has 1 aliphatic heterocycles. The molecule has 9 nitrogen and oxygen atoms in total. The molecule has 1 aromatic rings. The second-order valence-corrected chi connectivity index (χ2v) is 4.81. The fourth-order valence-corrected chi connectivity index (χ4v) is 2.19. The minimum absolute atomic E-state index is 0.00437. The number of hydrogen-bond donors (Lipinski definition) is 3. The number of aliphatic hydroxyl groups is 1. The normalized spacial score (nSPS) is 24.9. The summed E-state index contributed by atoms with van der Waals surface area (Å²) in [6.07, 6.45) is 1.08. The van der Waals surface area contributed by atoms with Gasteiger partial charge in [-0.15, -0.1) is 0 Å². The first kappa shape index (κ1) is 16.1. The van der Waals surface area contributed by atoms with E-state index in [2.05, 4.69) is 4.98 Å². The summed E-state index contributed by atoms with van der Waals surface area (Å²) >= 11 is 0. The Kier molecular flexibility index (Phi) is 4.91. The van der Waals surface area contributed by atoms with Crippen LogP contribution in [-0.2, 0) is 14.3 Å². The number of aromatic nitrogens is 2. The van der Waals surface area contributed by atoms with Gasteiger partial charge in [0.2, 0.25) is 0 Å². The van der Waals surface area contributed by atoms with Gasteiger partial charge >= 0.3 is 11.7 Å². The quantitative estimate of drug-likeness (QED) is 0.590. The van der Waals surface area contributed by atoms with Crippen molar-refractivity contribution in [1.82, 2.24) is 9.55 Å². The zero-order valence-corrected chi connectivity index (χ0v) is 11.8.